The molecule has 2 rings (SSSR count). The third kappa shape index (κ3) is 2.61. The van der Waals surface area contributed by atoms with Crippen molar-refractivity contribution in [3.63, 3.8) is 0 Å². The quantitative estimate of drug-likeness (QED) is 0.896. The first-order valence-corrected chi connectivity index (χ1v) is 6.59. The smallest absolute Gasteiger partial charge is 0.327 e. The lowest BCUT2D eigenvalue weighted by atomic mass is 10.3. The van der Waals surface area contributed by atoms with Gasteiger partial charge in [-0.25, -0.2) is 9.59 Å². The first kappa shape index (κ1) is 12.8. The third-order valence-corrected chi connectivity index (χ3v) is 3.72. The monoisotopic (exact) mass is 270 g/mol. The molecule has 1 unspecified atom stereocenters. The van der Waals surface area contributed by atoms with Gasteiger partial charge >= 0.3 is 12.0 Å². The summed E-state index contributed by atoms with van der Waals surface area (Å²) < 4.78 is 5.16. The molecule has 0 aliphatic carbocycles. The summed E-state index contributed by atoms with van der Waals surface area (Å²) in [7, 11) is 1.63. The molecular formula is C11H14N2O4S. The van der Waals surface area contributed by atoms with E-state index in [1.807, 2.05) is 0 Å². The van der Waals surface area contributed by atoms with Crippen LogP contribution in [-0.4, -0.2) is 51.6 Å². The standard InChI is InChI=1S/C11H14N2O4S/c1-12(5-8-3-2-4-17-8)11(16)13-7-18-6-9(13)10(14)15/h2-4,9H,5-7H2,1H3,(H,14,15). The largest absolute Gasteiger partial charge is 0.480 e. The molecule has 1 atom stereocenters. The maximum atomic E-state index is 12.1. The highest BCUT2D eigenvalue weighted by Gasteiger charge is 2.36. The van der Waals surface area contributed by atoms with Crippen LogP contribution in [0.1, 0.15) is 5.76 Å². The van der Waals surface area contributed by atoms with Gasteiger partial charge < -0.3 is 19.3 Å². The second kappa shape index (κ2) is 5.34. The van der Waals surface area contributed by atoms with Crippen LogP contribution in [0.15, 0.2) is 22.8 Å². The Labute approximate surface area is 109 Å². The van der Waals surface area contributed by atoms with E-state index in [2.05, 4.69) is 0 Å². The summed E-state index contributed by atoms with van der Waals surface area (Å²) >= 11 is 1.45. The first-order chi connectivity index (χ1) is 8.59. The molecule has 0 aromatic carbocycles. The Morgan fingerprint density at radius 2 is 2.44 bits per heavy atom. The van der Waals surface area contributed by atoms with Crippen molar-refractivity contribution in [2.75, 3.05) is 18.7 Å². The van der Waals surface area contributed by atoms with E-state index in [0.29, 0.717) is 23.9 Å². The number of hydrogen-bond acceptors (Lipinski definition) is 4. The highest BCUT2D eigenvalue weighted by molar-refractivity contribution is 7.99. The van der Waals surface area contributed by atoms with Gasteiger partial charge in [-0.15, -0.1) is 11.8 Å². The molecule has 6 nitrogen and oxygen atoms in total. The van der Waals surface area contributed by atoms with Gasteiger partial charge in [-0.05, 0) is 12.1 Å². The van der Waals surface area contributed by atoms with E-state index in [0.717, 1.165) is 0 Å². The van der Waals surface area contributed by atoms with Crippen LogP contribution in [0.2, 0.25) is 0 Å². The van der Waals surface area contributed by atoms with Crippen molar-refractivity contribution >= 4 is 23.8 Å². The number of carboxylic acids is 1. The summed E-state index contributed by atoms with van der Waals surface area (Å²) in [5, 5.41) is 9.03. The predicted molar refractivity (Wildman–Crippen MR) is 66.2 cm³/mol. The molecule has 2 amide bonds. The van der Waals surface area contributed by atoms with Gasteiger partial charge in [0.25, 0.3) is 0 Å². The van der Waals surface area contributed by atoms with Crippen LogP contribution in [0.25, 0.3) is 0 Å². The Morgan fingerprint density at radius 3 is 3.06 bits per heavy atom. The second-order valence-electron chi connectivity index (χ2n) is 4.04. The van der Waals surface area contributed by atoms with Gasteiger partial charge in [0.1, 0.15) is 11.8 Å². The number of nitrogens with zero attached hydrogens (tertiary/aromatic N) is 2. The fraction of sp³-hybridized carbons (Fsp3) is 0.455. The van der Waals surface area contributed by atoms with Crippen LogP contribution in [0.5, 0.6) is 0 Å². The molecule has 0 spiro atoms. The summed E-state index contributed by atoms with van der Waals surface area (Å²) in [6, 6.07) is 2.50. The van der Waals surface area contributed by atoms with E-state index in [1.165, 1.54) is 21.6 Å². The van der Waals surface area contributed by atoms with Crippen molar-refractivity contribution in [3.05, 3.63) is 24.2 Å². The normalized spacial score (nSPS) is 18.9. The molecule has 0 saturated carbocycles. The fourth-order valence-corrected chi connectivity index (χ4v) is 2.90. The number of rotatable bonds is 3. The highest BCUT2D eigenvalue weighted by Crippen LogP contribution is 2.22. The molecular weight excluding hydrogens is 256 g/mol. The molecule has 1 aliphatic rings. The Bertz CT molecular complexity index is 434. The van der Waals surface area contributed by atoms with Crippen molar-refractivity contribution < 1.29 is 19.1 Å². The number of aliphatic carboxylic acids is 1. The molecule has 98 valence electrons. The zero-order valence-electron chi connectivity index (χ0n) is 9.91. The minimum absolute atomic E-state index is 0.288. The summed E-state index contributed by atoms with van der Waals surface area (Å²) in [5.74, 6) is 0.567. The third-order valence-electron chi connectivity index (χ3n) is 2.71. The predicted octanol–water partition coefficient (Wildman–Crippen LogP) is 1.29. The van der Waals surface area contributed by atoms with Crippen molar-refractivity contribution in [1.82, 2.24) is 9.80 Å². The Hall–Kier alpha value is -1.63. The summed E-state index contributed by atoms with van der Waals surface area (Å²) in [6.07, 6.45) is 1.54. The van der Waals surface area contributed by atoms with Crippen molar-refractivity contribution in [2.24, 2.45) is 0 Å². The summed E-state index contributed by atoms with van der Waals surface area (Å²) in [5.41, 5.74) is 0. The summed E-state index contributed by atoms with van der Waals surface area (Å²) in [4.78, 5) is 26.0. The van der Waals surface area contributed by atoms with Crippen LogP contribution >= 0.6 is 11.8 Å². The van der Waals surface area contributed by atoms with Gasteiger partial charge in [0.2, 0.25) is 0 Å². The van der Waals surface area contributed by atoms with E-state index < -0.39 is 12.0 Å². The highest BCUT2D eigenvalue weighted by atomic mass is 32.2. The van der Waals surface area contributed by atoms with Crippen LogP contribution in [0.3, 0.4) is 0 Å². The van der Waals surface area contributed by atoms with E-state index in [-0.39, 0.29) is 6.03 Å². The van der Waals surface area contributed by atoms with Crippen molar-refractivity contribution in [1.29, 1.82) is 0 Å². The van der Waals surface area contributed by atoms with Crippen molar-refractivity contribution in [2.45, 2.75) is 12.6 Å². The van der Waals surface area contributed by atoms with Gasteiger partial charge in [-0.3, -0.25) is 0 Å². The number of urea groups is 1. The summed E-state index contributed by atoms with van der Waals surface area (Å²) in [6.45, 7) is 0.333. The van der Waals surface area contributed by atoms with E-state index in [1.54, 1.807) is 25.4 Å². The van der Waals surface area contributed by atoms with Gasteiger partial charge in [0.15, 0.2) is 0 Å². The number of thioether (sulfide) groups is 1. The molecule has 0 bridgehead atoms. The number of carboxylic acid groups (broad SMARTS) is 1. The number of amides is 2. The topological polar surface area (TPSA) is 74.0 Å². The van der Waals surface area contributed by atoms with E-state index in [4.69, 9.17) is 9.52 Å². The van der Waals surface area contributed by atoms with E-state index >= 15 is 0 Å². The lowest BCUT2D eigenvalue weighted by molar-refractivity contribution is -0.140. The van der Waals surface area contributed by atoms with Crippen LogP contribution in [-0.2, 0) is 11.3 Å². The zero-order chi connectivity index (χ0) is 13.1. The Morgan fingerprint density at radius 1 is 1.67 bits per heavy atom. The van der Waals surface area contributed by atoms with Crippen LogP contribution in [0, 0.1) is 0 Å². The number of carbonyl (C=O) groups excluding carboxylic acids is 1. The molecule has 1 saturated heterocycles. The van der Waals surface area contributed by atoms with Gasteiger partial charge in [0.05, 0.1) is 18.7 Å². The Balaban J connectivity index is 1.99. The lowest BCUT2D eigenvalue weighted by Gasteiger charge is -2.26. The van der Waals surface area contributed by atoms with Gasteiger partial charge in [-0.2, -0.15) is 0 Å². The van der Waals surface area contributed by atoms with Crippen LogP contribution in [0.4, 0.5) is 4.79 Å². The average Bonchev–Trinajstić information content (AvgIpc) is 2.97. The molecule has 2 heterocycles. The first-order valence-electron chi connectivity index (χ1n) is 5.44. The van der Waals surface area contributed by atoms with Crippen molar-refractivity contribution in [3.8, 4) is 0 Å². The maximum absolute atomic E-state index is 12.1. The van der Waals surface area contributed by atoms with E-state index in [9.17, 15) is 9.59 Å². The molecule has 1 fully saturated rings. The molecule has 18 heavy (non-hydrogen) atoms. The Kier molecular flexibility index (Phi) is 3.81. The minimum Gasteiger partial charge on any atom is -0.480 e. The molecule has 7 heteroatoms. The molecule has 1 aliphatic heterocycles. The molecule has 1 aromatic rings. The molecule has 1 aromatic heterocycles. The SMILES string of the molecule is CN(Cc1ccco1)C(=O)N1CSCC1C(=O)O. The average molecular weight is 270 g/mol. The van der Waals surface area contributed by atoms with Gasteiger partial charge in [-0.1, -0.05) is 0 Å². The fourth-order valence-electron chi connectivity index (χ4n) is 1.76. The maximum Gasteiger partial charge on any atom is 0.327 e. The van der Waals surface area contributed by atoms with Crippen LogP contribution < -0.4 is 0 Å². The molecule has 1 N–H and O–H groups in total. The number of carbonyl (C=O) groups is 2. The molecule has 0 radical (unpaired) electrons. The number of furan rings is 1. The zero-order valence-corrected chi connectivity index (χ0v) is 10.7. The minimum atomic E-state index is -0.959. The number of hydrogen-bond donors (Lipinski definition) is 1. The lowest BCUT2D eigenvalue weighted by Crippen LogP contribution is -2.47. The second-order valence-corrected chi connectivity index (χ2v) is 5.04. The van der Waals surface area contributed by atoms with Gasteiger partial charge in [0, 0.05) is 12.8 Å².